The van der Waals surface area contributed by atoms with Crippen molar-refractivity contribution in [1.29, 1.82) is 0 Å². The molecule has 0 radical (unpaired) electrons. The average molecular weight is 343 g/mol. The summed E-state index contributed by atoms with van der Waals surface area (Å²) in [5.41, 5.74) is 6.79. The van der Waals surface area contributed by atoms with Gasteiger partial charge in [-0.15, -0.1) is 0 Å². The molecule has 4 rings (SSSR count). The third-order valence-corrected chi connectivity index (χ3v) is 4.96. The van der Waals surface area contributed by atoms with E-state index in [1.165, 1.54) is 22.3 Å². The quantitative estimate of drug-likeness (QED) is 0.584. The fraction of sp³-hybridized carbons (Fsp3) is 0.174. The molecule has 0 aromatic heterocycles. The predicted octanol–water partition coefficient (Wildman–Crippen LogP) is 4.38. The molecular weight excluding hydrogens is 322 g/mol. The van der Waals surface area contributed by atoms with Crippen LogP contribution in [0.3, 0.4) is 0 Å². The van der Waals surface area contributed by atoms with Crippen LogP contribution in [0.15, 0.2) is 72.8 Å². The Balaban J connectivity index is 1.47. The summed E-state index contributed by atoms with van der Waals surface area (Å²) in [5.74, 6) is -0.0678. The van der Waals surface area contributed by atoms with Gasteiger partial charge in [-0.25, -0.2) is 0 Å². The van der Waals surface area contributed by atoms with Crippen LogP contribution in [0, 0.1) is 0 Å². The van der Waals surface area contributed by atoms with Crippen molar-refractivity contribution < 1.29 is 9.53 Å². The number of fused-ring (bicyclic) bond motifs is 3. The second kappa shape index (κ2) is 7.14. The summed E-state index contributed by atoms with van der Waals surface area (Å²) in [7, 11) is 1.66. The van der Waals surface area contributed by atoms with Crippen molar-refractivity contribution in [3.05, 3.63) is 95.1 Å². The fourth-order valence-electron chi connectivity index (χ4n) is 3.58. The summed E-state index contributed by atoms with van der Waals surface area (Å²) >= 11 is 0. The van der Waals surface area contributed by atoms with Crippen LogP contribution in [0.2, 0.25) is 0 Å². The Kier molecular flexibility index (Phi) is 4.55. The van der Waals surface area contributed by atoms with Crippen LogP contribution in [-0.2, 0) is 11.2 Å². The zero-order valence-corrected chi connectivity index (χ0v) is 14.7. The minimum Gasteiger partial charge on any atom is -0.375 e. The van der Waals surface area contributed by atoms with Crippen LogP contribution in [0.4, 0.5) is 0 Å². The minimum atomic E-state index is -0.154. The van der Waals surface area contributed by atoms with Crippen molar-refractivity contribution in [2.75, 3.05) is 13.7 Å². The molecule has 1 amide bonds. The molecule has 1 atom stereocenters. The molecule has 0 fully saturated rings. The lowest BCUT2D eigenvalue weighted by atomic mass is 10.0. The molecule has 3 nitrogen and oxygen atoms in total. The van der Waals surface area contributed by atoms with Crippen molar-refractivity contribution in [2.24, 2.45) is 0 Å². The van der Waals surface area contributed by atoms with E-state index >= 15 is 0 Å². The summed E-state index contributed by atoms with van der Waals surface area (Å²) in [4.78, 5) is 12.6. The monoisotopic (exact) mass is 343 g/mol. The summed E-state index contributed by atoms with van der Waals surface area (Å²) in [5, 5.41) is 3.00. The van der Waals surface area contributed by atoms with E-state index in [1.807, 2.05) is 42.5 Å². The molecule has 1 unspecified atom stereocenters. The molecule has 0 bridgehead atoms. The zero-order valence-electron chi connectivity index (χ0n) is 14.7. The Bertz CT molecular complexity index is 934. The number of hydrogen-bond acceptors (Lipinski definition) is 2. The standard InChI is InChI=1S/C23H21NO2/c1-26-22(16-7-3-2-4-8-16)15-24-23(25)18-11-12-21-19(14-18)13-17-9-5-6-10-20(17)21/h2-12,14,22H,13,15H2,1H3,(H,24,25). The van der Waals surface area contributed by atoms with E-state index in [1.54, 1.807) is 7.11 Å². The predicted molar refractivity (Wildman–Crippen MR) is 103 cm³/mol. The van der Waals surface area contributed by atoms with Gasteiger partial charge in [0, 0.05) is 19.2 Å². The lowest BCUT2D eigenvalue weighted by Crippen LogP contribution is -2.29. The van der Waals surface area contributed by atoms with Crippen LogP contribution in [-0.4, -0.2) is 19.6 Å². The number of methoxy groups -OCH3 is 1. The van der Waals surface area contributed by atoms with Gasteiger partial charge in [0.2, 0.25) is 0 Å². The van der Waals surface area contributed by atoms with Gasteiger partial charge >= 0.3 is 0 Å². The molecule has 3 aromatic rings. The highest BCUT2D eigenvalue weighted by atomic mass is 16.5. The number of benzene rings is 3. The van der Waals surface area contributed by atoms with E-state index in [2.05, 4.69) is 35.6 Å². The first kappa shape index (κ1) is 16.6. The molecule has 1 aliphatic carbocycles. The first-order valence-corrected chi connectivity index (χ1v) is 8.83. The van der Waals surface area contributed by atoms with Gasteiger partial charge < -0.3 is 10.1 Å². The normalized spacial score (nSPS) is 13.0. The number of carbonyl (C=O) groups excluding carboxylic acids is 1. The molecule has 3 heteroatoms. The maximum absolute atomic E-state index is 12.6. The Labute approximate surface area is 153 Å². The Morgan fingerprint density at radius 3 is 2.50 bits per heavy atom. The molecule has 3 aromatic carbocycles. The number of rotatable bonds is 5. The Morgan fingerprint density at radius 1 is 0.962 bits per heavy atom. The number of amides is 1. The summed E-state index contributed by atoms with van der Waals surface area (Å²) < 4.78 is 5.52. The van der Waals surface area contributed by atoms with Gasteiger partial charge in [-0.05, 0) is 46.4 Å². The molecule has 1 N–H and O–H groups in total. The molecular formula is C23H21NO2. The van der Waals surface area contributed by atoms with E-state index in [0.717, 1.165) is 12.0 Å². The maximum Gasteiger partial charge on any atom is 0.251 e. The maximum atomic E-state index is 12.6. The van der Waals surface area contributed by atoms with Gasteiger partial charge in [-0.3, -0.25) is 4.79 Å². The largest absolute Gasteiger partial charge is 0.375 e. The molecule has 26 heavy (non-hydrogen) atoms. The van der Waals surface area contributed by atoms with Gasteiger partial charge in [0.1, 0.15) is 0 Å². The SMILES string of the molecule is COC(CNC(=O)c1ccc2c(c1)Cc1ccccc1-2)c1ccccc1. The third kappa shape index (κ3) is 3.14. The van der Waals surface area contributed by atoms with Crippen molar-refractivity contribution in [3.8, 4) is 11.1 Å². The Hall–Kier alpha value is -2.91. The second-order valence-corrected chi connectivity index (χ2v) is 6.55. The highest BCUT2D eigenvalue weighted by Gasteiger charge is 2.20. The number of ether oxygens (including phenoxy) is 1. The van der Waals surface area contributed by atoms with E-state index in [4.69, 9.17) is 4.74 Å². The van der Waals surface area contributed by atoms with Crippen molar-refractivity contribution in [1.82, 2.24) is 5.32 Å². The number of nitrogens with one attached hydrogen (secondary N) is 1. The van der Waals surface area contributed by atoms with Crippen LogP contribution in [0.5, 0.6) is 0 Å². The van der Waals surface area contributed by atoms with Crippen molar-refractivity contribution >= 4 is 5.91 Å². The average Bonchev–Trinajstić information content (AvgIpc) is 3.07. The number of hydrogen-bond donors (Lipinski definition) is 1. The first-order valence-electron chi connectivity index (χ1n) is 8.83. The fourth-order valence-corrected chi connectivity index (χ4v) is 3.58. The van der Waals surface area contributed by atoms with Gasteiger partial charge in [0.05, 0.1) is 6.10 Å². The first-order chi connectivity index (χ1) is 12.8. The highest BCUT2D eigenvalue weighted by Crippen LogP contribution is 2.36. The lowest BCUT2D eigenvalue weighted by Gasteiger charge is -2.16. The van der Waals surface area contributed by atoms with Crippen LogP contribution >= 0.6 is 0 Å². The Morgan fingerprint density at radius 2 is 1.69 bits per heavy atom. The molecule has 1 aliphatic rings. The van der Waals surface area contributed by atoms with Gasteiger partial charge in [-0.1, -0.05) is 60.7 Å². The van der Waals surface area contributed by atoms with E-state index in [-0.39, 0.29) is 12.0 Å². The summed E-state index contributed by atoms with van der Waals surface area (Å²) in [6.07, 6.45) is 0.732. The topological polar surface area (TPSA) is 38.3 Å². The molecule has 130 valence electrons. The van der Waals surface area contributed by atoms with Crippen molar-refractivity contribution in [2.45, 2.75) is 12.5 Å². The van der Waals surface area contributed by atoms with Gasteiger partial charge in [-0.2, -0.15) is 0 Å². The lowest BCUT2D eigenvalue weighted by molar-refractivity contribution is 0.0828. The summed E-state index contributed by atoms with van der Waals surface area (Å²) in [6, 6.07) is 24.3. The van der Waals surface area contributed by atoms with Crippen LogP contribution in [0.25, 0.3) is 11.1 Å². The van der Waals surface area contributed by atoms with Crippen LogP contribution < -0.4 is 5.32 Å². The minimum absolute atomic E-state index is 0.0678. The molecule has 0 saturated heterocycles. The summed E-state index contributed by atoms with van der Waals surface area (Å²) in [6.45, 7) is 0.441. The van der Waals surface area contributed by atoms with Crippen molar-refractivity contribution in [3.63, 3.8) is 0 Å². The zero-order chi connectivity index (χ0) is 17.9. The van der Waals surface area contributed by atoms with Crippen LogP contribution in [0.1, 0.15) is 33.2 Å². The molecule has 0 spiro atoms. The highest BCUT2D eigenvalue weighted by molar-refractivity contribution is 5.95. The third-order valence-electron chi connectivity index (χ3n) is 4.96. The number of carbonyl (C=O) groups is 1. The molecule has 0 saturated carbocycles. The van der Waals surface area contributed by atoms with Gasteiger partial charge in [0.15, 0.2) is 0 Å². The van der Waals surface area contributed by atoms with E-state index in [0.29, 0.717) is 12.1 Å². The smallest absolute Gasteiger partial charge is 0.251 e. The van der Waals surface area contributed by atoms with E-state index < -0.39 is 0 Å². The molecule has 0 heterocycles. The molecule has 0 aliphatic heterocycles. The second-order valence-electron chi connectivity index (χ2n) is 6.55. The van der Waals surface area contributed by atoms with Gasteiger partial charge in [0.25, 0.3) is 5.91 Å². The van der Waals surface area contributed by atoms with E-state index in [9.17, 15) is 4.79 Å².